The van der Waals surface area contributed by atoms with E-state index in [2.05, 4.69) is 36.9 Å². The zero-order valence-electron chi connectivity index (χ0n) is 5.75. The van der Waals surface area contributed by atoms with E-state index in [1.54, 1.807) is 0 Å². The highest BCUT2D eigenvalue weighted by Gasteiger charge is 2.27. The van der Waals surface area contributed by atoms with Gasteiger partial charge in [-0.25, -0.2) is 0 Å². The average molecular weight is 148 g/mol. The van der Waals surface area contributed by atoms with E-state index < -0.39 is 0 Å². The highest BCUT2D eigenvalue weighted by atomic mass is 31.1. The average Bonchev–Trinajstić information content (AvgIpc) is 2.69. The Morgan fingerprint density at radius 2 is 1.80 bits per heavy atom. The molecule has 0 saturated carbocycles. The Hall–Kier alpha value is -0.610. The molecule has 0 bridgehead atoms. The molecule has 1 aromatic rings. The fraction of sp³-hybridized carbons (Fsp3) is 0.111. The first-order valence-electron chi connectivity index (χ1n) is 3.38. The van der Waals surface area contributed by atoms with Crippen LogP contribution >= 0.6 is 7.92 Å². The van der Waals surface area contributed by atoms with E-state index in [9.17, 15) is 0 Å². The molecule has 0 spiro atoms. The molecule has 0 amide bonds. The Morgan fingerprint density at radius 3 is 2.30 bits per heavy atom. The Balaban J connectivity index is 2.28. The van der Waals surface area contributed by atoms with Gasteiger partial charge < -0.3 is 0 Å². The Bertz CT molecular complexity index is 251. The van der Waals surface area contributed by atoms with Crippen molar-refractivity contribution in [1.82, 2.24) is 0 Å². The van der Waals surface area contributed by atoms with Gasteiger partial charge in [0.1, 0.15) is 0 Å². The number of rotatable bonds is 1. The summed E-state index contributed by atoms with van der Waals surface area (Å²) in [6, 6.07) is 10.7. The first kappa shape index (κ1) is 6.12. The number of hydrogen-bond acceptors (Lipinski definition) is 0. The second kappa shape index (κ2) is 2.21. The fourth-order valence-corrected chi connectivity index (χ4v) is 2.62. The van der Waals surface area contributed by atoms with Crippen LogP contribution in [0.5, 0.6) is 0 Å². The second-order valence-corrected chi connectivity index (χ2v) is 4.81. The zero-order valence-corrected chi connectivity index (χ0v) is 6.64. The third kappa shape index (κ3) is 0.998. The van der Waals surface area contributed by atoms with Crippen LogP contribution in [0.1, 0.15) is 0 Å². The molecule has 0 aliphatic carbocycles. The molecule has 0 radical (unpaired) electrons. The summed E-state index contributed by atoms with van der Waals surface area (Å²) in [6.07, 6.45) is 1.26. The van der Waals surface area contributed by atoms with Gasteiger partial charge in [-0.05, 0) is 18.5 Å². The third-order valence-corrected chi connectivity index (χ3v) is 3.85. The summed E-state index contributed by atoms with van der Waals surface area (Å²) in [6.45, 7) is 3.95. The molecule has 0 aromatic heterocycles. The summed E-state index contributed by atoms with van der Waals surface area (Å²) in [7, 11) is 0.0988. The van der Waals surface area contributed by atoms with Crippen molar-refractivity contribution in [3.05, 3.63) is 42.2 Å². The van der Waals surface area contributed by atoms with Gasteiger partial charge in [0.15, 0.2) is 0 Å². The maximum Gasteiger partial charge on any atom is 0.000625 e. The van der Waals surface area contributed by atoms with Gasteiger partial charge in [-0.1, -0.05) is 36.9 Å². The van der Waals surface area contributed by atoms with E-state index in [1.807, 2.05) is 0 Å². The predicted molar refractivity (Wildman–Crippen MR) is 47.0 cm³/mol. The molecule has 1 heterocycles. The molecular formula is C9H9P. The summed E-state index contributed by atoms with van der Waals surface area (Å²) in [5, 5.41) is 2.93. The van der Waals surface area contributed by atoms with Crippen molar-refractivity contribution in [3.8, 4) is 0 Å². The molecule has 1 aliphatic heterocycles. The summed E-state index contributed by atoms with van der Waals surface area (Å²) in [5.41, 5.74) is 0. The topological polar surface area (TPSA) is 0 Å². The second-order valence-electron chi connectivity index (χ2n) is 2.49. The van der Waals surface area contributed by atoms with Crippen LogP contribution in [0.2, 0.25) is 0 Å². The monoisotopic (exact) mass is 148 g/mol. The molecule has 10 heavy (non-hydrogen) atoms. The van der Waals surface area contributed by atoms with Gasteiger partial charge in [-0.15, -0.1) is 0 Å². The third-order valence-electron chi connectivity index (χ3n) is 1.69. The minimum atomic E-state index is 0.0988. The molecule has 0 N–H and O–H groups in total. The van der Waals surface area contributed by atoms with Gasteiger partial charge in [0, 0.05) is 6.16 Å². The van der Waals surface area contributed by atoms with Crippen molar-refractivity contribution >= 4 is 13.2 Å². The highest BCUT2D eigenvalue weighted by molar-refractivity contribution is 7.78. The first-order chi connectivity index (χ1) is 4.88. The maximum absolute atomic E-state index is 3.95. The Kier molecular flexibility index (Phi) is 1.35. The fourth-order valence-electron chi connectivity index (χ4n) is 1.03. The van der Waals surface area contributed by atoms with Gasteiger partial charge in [0.25, 0.3) is 0 Å². The maximum atomic E-state index is 3.95. The zero-order chi connectivity index (χ0) is 6.97. The van der Waals surface area contributed by atoms with Crippen molar-refractivity contribution in [2.45, 2.75) is 0 Å². The van der Waals surface area contributed by atoms with E-state index in [0.29, 0.717) is 0 Å². The molecule has 1 atom stereocenters. The number of benzene rings is 1. The Morgan fingerprint density at radius 1 is 1.20 bits per heavy atom. The molecule has 1 saturated heterocycles. The van der Waals surface area contributed by atoms with Crippen molar-refractivity contribution in [2.24, 2.45) is 0 Å². The van der Waals surface area contributed by atoms with E-state index in [-0.39, 0.29) is 7.92 Å². The molecule has 1 aliphatic rings. The minimum Gasteiger partial charge on any atom is -0.0946 e. The largest absolute Gasteiger partial charge is 0.0946 e. The van der Waals surface area contributed by atoms with Gasteiger partial charge in [-0.3, -0.25) is 0 Å². The van der Waals surface area contributed by atoms with Gasteiger partial charge in [0.05, 0.1) is 0 Å². The standard InChI is InChI=1S/C9H9P/c1-8-7-10(8)9-5-3-2-4-6-9/h2-6H,1,7H2. The van der Waals surface area contributed by atoms with Gasteiger partial charge in [0.2, 0.25) is 0 Å². The molecule has 1 fully saturated rings. The van der Waals surface area contributed by atoms with Crippen LogP contribution < -0.4 is 5.30 Å². The van der Waals surface area contributed by atoms with E-state index in [1.165, 1.54) is 16.8 Å². The molecule has 1 unspecified atom stereocenters. The van der Waals surface area contributed by atoms with Crippen molar-refractivity contribution in [3.63, 3.8) is 0 Å². The quantitative estimate of drug-likeness (QED) is 0.536. The summed E-state index contributed by atoms with van der Waals surface area (Å²) in [4.78, 5) is 0. The molecule has 1 heteroatoms. The normalized spacial score (nSPS) is 22.8. The summed E-state index contributed by atoms with van der Waals surface area (Å²) >= 11 is 0. The van der Waals surface area contributed by atoms with Gasteiger partial charge >= 0.3 is 0 Å². The van der Waals surface area contributed by atoms with E-state index in [0.717, 1.165) is 0 Å². The van der Waals surface area contributed by atoms with Crippen molar-refractivity contribution < 1.29 is 0 Å². The van der Waals surface area contributed by atoms with Crippen LogP contribution in [-0.4, -0.2) is 6.16 Å². The number of allylic oxidation sites excluding steroid dienone is 1. The lowest BCUT2D eigenvalue weighted by molar-refractivity contribution is 1.78. The predicted octanol–water partition coefficient (Wildman–Crippen LogP) is 2.32. The van der Waals surface area contributed by atoms with Crippen LogP contribution in [0, 0.1) is 0 Å². The van der Waals surface area contributed by atoms with E-state index in [4.69, 9.17) is 0 Å². The lowest BCUT2D eigenvalue weighted by Gasteiger charge is -1.92. The van der Waals surface area contributed by atoms with Crippen LogP contribution in [-0.2, 0) is 0 Å². The smallest absolute Gasteiger partial charge is 0.000625 e. The molecule has 50 valence electrons. The van der Waals surface area contributed by atoms with Crippen molar-refractivity contribution in [1.29, 1.82) is 0 Å². The molecule has 0 nitrogen and oxygen atoms in total. The Labute approximate surface area is 62.3 Å². The SMILES string of the molecule is C=C1CP1c1ccccc1. The van der Waals surface area contributed by atoms with E-state index >= 15 is 0 Å². The highest BCUT2D eigenvalue weighted by Crippen LogP contribution is 2.60. The van der Waals surface area contributed by atoms with Crippen LogP contribution in [0.3, 0.4) is 0 Å². The first-order valence-corrected chi connectivity index (χ1v) is 4.91. The lowest BCUT2D eigenvalue weighted by atomic mass is 10.4. The number of hydrogen-bond donors (Lipinski definition) is 0. The summed E-state index contributed by atoms with van der Waals surface area (Å²) < 4.78 is 0. The molecule has 2 rings (SSSR count). The summed E-state index contributed by atoms with van der Waals surface area (Å²) in [5.74, 6) is 0. The molecule has 1 aromatic carbocycles. The lowest BCUT2D eigenvalue weighted by Crippen LogP contribution is -1.89. The van der Waals surface area contributed by atoms with Crippen LogP contribution in [0.4, 0.5) is 0 Å². The minimum absolute atomic E-state index is 0.0988. The van der Waals surface area contributed by atoms with Crippen LogP contribution in [0.25, 0.3) is 0 Å². The van der Waals surface area contributed by atoms with Gasteiger partial charge in [-0.2, -0.15) is 0 Å². The van der Waals surface area contributed by atoms with Crippen molar-refractivity contribution in [2.75, 3.05) is 6.16 Å². The molecular weight excluding hydrogens is 139 g/mol. The van der Waals surface area contributed by atoms with Crippen LogP contribution in [0.15, 0.2) is 42.2 Å².